The maximum Gasteiger partial charge on any atom is 0.307 e. The van der Waals surface area contributed by atoms with E-state index in [1.54, 1.807) is 10.5 Å². The molecule has 0 aliphatic rings. The van der Waals surface area contributed by atoms with Gasteiger partial charge in [-0.2, -0.15) is 0 Å². The standard InChI is InChI=1S/C21H22N2O4S/c1-15-6-4-5-7-20(15)28(25)23(16(2)12-21(24)26-3)18-10-8-17(9-11-18)19-13-22-14-27-19/h4-11,13-14,16H,12H2,1-3H3. The van der Waals surface area contributed by atoms with Gasteiger partial charge in [0.15, 0.2) is 23.1 Å². The van der Waals surface area contributed by atoms with Gasteiger partial charge in [0, 0.05) is 11.3 Å². The van der Waals surface area contributed by atoms with Gasteiger partial charge < -0.3 is 9.15 Å². The van der Waals surface area contributed by atoms with E-state index in [1.165, 1.54) is 13.5 Å². The van der Waals surface area contributed by atoms with Gasteiger partial charge in [-0.3, -0.25) is 9.10 Å². The normalized spacial score (nSPS) is 13.0. The van der Waals surface area contributed by atoms with E-state index in [2.05, 4.69) is 4.98 Å². The fourth-order valence-electron chi connectivity index (χ4n) is 2.91. The highest BCUT2D eigenvalue weighted by atomic mass is 32.2. The average molecular weight is 398 g/mol. The first-order chi connectivity index (χ1) is 13.5. The lowest BCUT2D eigenvalue weighted by Crippen LogP contribution is -2.37. The summed E-state index contributed by atoms with van der Waals surface area (Å²) in [7, 11) is -0.135. The van der Waals surface area contributed by atoms with E-state index in [-0.39, 0.29) is 18.4 Å². The molecule has 2 unspecified atom stereocenters. The first kappa shape index (κ1) is 19.8. The number of anilines is 1. The average Bonchev–Trinajstić information content (AvgIpc) is 3.23. The minimum atomic E-state index is -1.49. The predicted octanol–water partition coefficient (Wildman–Crippen LogP) is 4.13. The molecule has 0 N–H and O–H groups in total. The van der Waals surface area contributed by atoms with Crippen LogP contribution in [0.1, 0.15) is 18.9 Å². The summed E-state index contributed by atoms with van der Waals surface area (Å²) < 4.78 is 25.3. The number of aryl methyl sites for hydroxylation is 1. The number of benzene rings is 2. The van der Waals surface area contributed by atoms with E-state index in [0.29, 0.717) is 10.7 Å². The molecule has 0 spiro atoms. The zero-order valence-corrected chi connectivity index (χ0v) is 16.8. The van der Waals surface area contributed by atoms with Crippen LogP contribution in [-0.2, 0) is 20.5 Å². The van der Waals surface area contributed by atoms with Crippen molar-refractivity contribution in [3.8, 4) is 11.3 Å². The van der Waals surface area contributed by atoms with Crippen molar-refractivity contribution < 1.29 is 18.2 Å². The number of aromatic nitrogens is 1. The van der Waals surface area contributed by atoms with Gasteiger partial charge in [-0.15, -0.1) is 0 Å². The number of carbonyl (C=O) groups excluding carboxylic acids is 1. The number of esters is 1. The molecule has 3 rings (SSSR count). The van der Waals surface area contributed by atoms with Crippen molar-refractivity contribution in [3.63, 3.8) is 0 Å². The van der Waals surface area contributed by atoms with Crippen LogP contribution in [0.4, 0.5) is 5.69 Å². The first-order valence-corrected chi connectivity index (χ1v) is 9.94. The number of methoxy groups -OCH3 is 1. The van der Waals surface area contributed by atoms with Gasteiger partial charge in [0.2, 0.25) is 0 Å². The zero-order valence-electron chi connectivity index (χ0n) is 16.0. The minimum absolute atomic E-state index is 0.123. The fraction of sp³-hybridized carbons (Fsp3) is 0.238. The molecule has 0 aliphatic carbocycles. The van der Waals surface area contributed by atoms with Gasteiger partial charge in [-0.05, 0) is 49.7 Å². The monoisotopic (exact) mass is 398 g/mol. The summed E-state index contributed by atoms with van der Waals surface area (Å²) in [5, 5.41) is 0. The molecular formula is C21H22N2O4S. The number of oxazole rings is 1. The molecule has 2 aromatic carbocycles. The number of hydrogen-bond donors (Lipinski definition) is 0. The Labute approximate surface area is 166 Å². The number of hydrogen-bond acceptors (Lipinski definition) is 5. The number of carbonyl (C=O) groups is 1. The lowest BCUT2D eigenvalue weighted by molar-refractivity contribution is -0.140. The second-order valence-corrected chi connectivity index (χ2v) is 7.71. The molecule has 28 heavy (non-hydrogen) atoms. The van der Waals surface area contributed by atoms with Gasteiger partial charge in [-0.1, -0.05) is 18.2 Å². The smallest absolute Gasteiger partial charge is 0.307 e. The molecule has 1 heterocycles. The molecule has 0 aliphatic heterocycles. The van der Waals surface area contributed by atoms with Crippen molar-refractivity contribution in [3.05, 3.63) is 66.7 Å². The van der Waals surface area contributed by atoms with Crippen LogP contribution in [0.3, 0.4) is 0 Å². The zero-order chi connectivity index (χ0) is 20.1. The molecule has 7 heteroatoms. The van der Waals surface area contributed by atoms with Gasteiger partial charge in [0.1, 0.15) is 0 Å². The molecule has 0 fully saturated rings. The lowest BCUT2D eigenvalue weighted by Gasteiger charge is -2.30. The fourth-order valence-corrected chi connectivity index (χ4v) is 4.38. The molecule has 1 aromatic heterocycles. The van der Waals surface area contributed by atoms with Crippen molar-refractivity contribution in [1.82, 2.24) is 4.98 Å². The third-order valence-electron chi connectivity index (χ3n) is 4.39. The Morgan fingerprint density at radius 1 is 1.21 bits per heavy atom. The van der Waals surface area contributed by atoms with Gasteiger partial charge in [0.05, 0.1) is 30.7 Å². The Morgan fingerprint density at radius 3 is 2.54 bits per heavy atom. The van der Waals surface area contributed by atoms with Crippen molar-refractivity contribution in [2.75, 3.05) is 11.4 Å². The number of ether oxygens (including phenoxy) is 1. The van der Waals surface area contributed by atoms with Crippen molar-refractivity contribution in [2.24, 2.45) is 0 Å². The molecule has 146 valence electrons. The number of nitrogens with zero attached hydrogens (tertiary/aromatic N) is 2. The van der Waals surface area contributed by atoms with E-state index in [0.717, 1.165) is 16.8 Å². The molecule has 0 radical (unpaired) electrons. The van der Waals surface area contributed by atoms with Crippen LogP contribution in [0.5, 0.6) is 0 Å². The highest BCUT2D eigenvalue weighted by Crippen LogP contribution is 2.29. The second kappa shape index (κ2) is 8.84. The summed E-state index contributed by atoms with van der Waals surface area (Å²) in [6.07, 6.45) is 3.14. The topological polar surface area (TPSA) is 72.6 Å². The Bertz CT molecular complexity index is 955. The van der Waals surface area contributed by atoms with Crippen molar-refractivity contribution >= 4 is 22.6 Å². The molecule has 3 aromatic rings. The molecule has 2 atom stereocenters. The highest BCUT2D eigenvalue weighted by Gasteiger charge is 2.25. The van der Waals surface area contributed by atoms with Crippen LogP contribution in [-0.4, -0.2) is 28.3 Å². The van der Waals surface area contributed by atoms with E-state index < -0.39 is 11.0 Å². The maximum absolute atomic E-state index is 13.4. The Morgan fingerprint density at radius 2 is 1.93 bits per heavy atom. The van der Waals surface area contributed by atoms with Crippen molar-refractivity contribution in [1.29, 1.82) is 0 Å². The summed E-state index contributed by atoms with van der Waals surface area (Å²) in [6, 6.07) is 14.7. The lowest BCUT2D eigenvalue weighted by atomic mass is 10.1. The number of rotatable bonds is 7. The SMILES string of the molecule is COC(=O)CC(C)N(c1ccc(-c2cnco2)cc1)S(=O)c1ccccc1C. The summed E-state index contributed by atoms with van der Waals surface area (Å²) in [6.45, 7) is 3.78. The molecular weight excluding hydrogens is 376 g/mol. The van der Waals surface area contributed by atoms with Crippen LogP contribution in [0.25, 0.3) is 11.3 Å². The largest absolute Gasteiger partial charge is 0.469 e. The second-order valence-electron chi connectivity index (χ2n) is 6.38. The first-order valence-electron chi connectivity index (χ1n) is 8.83. The van der Waals surface area contributed by atoms with Crippen LogP contribution >= 0.6 is 0 Å². The van der Waals surface area contributed by atoms with E-state index in [1.807, 2.05) is 62.4 Å². The molecule has 6 nitrogen and oxygen atoms in total. The minimum Gasteiger partial charge on any atom is -0.469 e. The molecule has 0 bridgehead atoms. The summed E-state index contributed by atoms with van der Waals surface area (Å²) in [4.78, 5) is 16.5. The summed E-state index contributed by atoms with van der Waals surface area (Å²) >= 11 is 0. The van der Waals surface area contributed by atoms with E-state index in [4.69, 9.17) is 9.15 Å². The Kier molecular flexibility index (Phi) is 6.26. The van der Waals surface area contributed by atoms with Crippen LogP contribution in [0.2, 0.25) is 0 Å². The summed E-state index contributed by atoms with van der Waals surface area (Å²) in [5.74, 6) is 0.304. The third-order valence-corrected chi connectivity index (χ3v) is 6.15. The summed E-state index contributed by atoms with van der Waals surface area (Å²) in [5.41, 5.74) is 2.53. The molecule has 0 saturated carbocycles. The van der Waals surface area contributed by atoms with Crippen LogP contribution in [0.15, 0.2) is 70.4 Å². The van der Waals surface area contributed by atoms with Gasteiger partial charge >= 0.3 is 5.97 Å². The Balaban J connectivity index is 1.97. The third kappa shape index (κ3) is 4.31. The molecule has 0 saturated heterocycles. The highest BCUT2D eigenvalue weighted by molar-refractivity contribution is 7.86. The quantitative estimate of drug-likeness (QED) is 0.560. The maximum atomic E-state index is 13.4. The Hall–Kier alpha value is -2.93. The predicted molar refractivity (Wildman–Crippen MR) is 108 cm³/mol. The van der Waals surface area contributed by atoms with Crippen LogP contribution in [0, 0.1) is 6.92 Å². The van der Waals surface area contributed by atoms with Gasteiger partial charge in [0.25, 0.3) is 0 Å². The van der Waals surface area contributed by atoms with Gasteiger partial charge in [-0.25, -0.2) is 9.19 Å². The van der Waals surface area contributed by atoms with E-state index >= 15 is 0 Å². The molecule has 0 amide bonds. The van der Waals surface area contributed by atoms with Crippen molar-refractivity contribution in [2.45, 2.75) is 31.2 Å². The van der Waals surface area contributed by atoms with E-state index in [9.17, 15) is 9.00 Å². The van der Waals surface area contributed by atoms with Crippen LogP contribution < -0.4 is 4.31 Å².